The second-order valence-corrected chi connectivity index (χ2v) is 4.59. The van der Waals surface area contributed by atoms with Crippen LogP contribution in [0.5, 0.6) is 0 Å². The Bertz CT molecular complexity index is 554. The second kappa shape index (κ2) is 4.07. The lowest BCUT2D eigenvalue weighted by molar-refractivity contribution is 1.13. The lowest BCUT2D eigenvalue weighted by Gasteiger charge is -2.03. The molecule has 1 aliphatic rings. The fraction of sp³-hybridized carbons (Fsp3) is 0.188. The Hall–Kier alpha value is -2.07. The minimum Gasteiger partial charge on any atom is -0.192 e. The van der Waals surface area contributed by atoms with Crippen molar-refractivity contribution in [2.24, 2.45) is 0 Å². The van der Waals surface area contributed by atoms with Crippen LogP contribution in [0.2, 0.25) is 0 Å². The normalized spacial score (nSPS) is 14.3. The first-order chi connectivity index (χ1) is 8.36. The molecule has 0 bridgehead atoms. The Kier molecular flexibility index (Phi) is 2.42. The molecule has 2 aromatic rings. The van der Waals surface area contributed by atoms with Crippen LogP contribution in [0, 0.1) is 11.3 Å². The van der Waals surface area contributed by atoms with Crippen LogP contribution in [-0.4, -0.2) is 0 Å². The zero-order valence-electron chi connectivity index (χ0n) is 9.56. The van der Waals surface area contributed by atoms with E-state index in [9.17, 15) is 0 Å². The Morgan fingerprint density at radius 1 is 0.824 bits per heavy atom. The molecule has 1 fully saturated rings. The van der Waals surface area contributed by atoms with Gasteiger partial charge in [-0.25, -0.2) is 0 Å². The van der Waals surface area contributed by atoms with Gasteiger partial charge in [0.2, 0.25) is 0 Å². The summed E-state index contributed by atoms with van der Waals surface area (Å²) in [4.78, 5) is 0. The Morgan fingerprint density at radius 3 is 1.82 bits per heavy atom. The zero-order valence-corrected chi connectivity index (χ0v) is 9.56. The van der Waals surface area contributed by atoms with Crippen LogP contribution < -0.4 is 0 Å². The van der Waals surface area contributed by atoms with E-state index in [0.29, 0.717) is 5.56 Å². The predicted molar refractivity (Wildman–Crippen MR) is 68.6 cm³/mol. The van der Waals surface area contributed by atoms with E-state index in [4.69, 9.17) is 5.26 Å². The van der Waals surface area contributed by atoms with Crippen molar-refractivity contribution in [3.05, 3.63) is 59.7 Å². The van der Waals surface area contributed by atoms with E-state index in [-0.39, 0.29) is 0 Å². The summed E-state index contributed by atoms with van der Waals surface area (Å²) in [5.41, 5.74) is 4.57. The molecule has 0 aromatic heterocycles. The molecule has 82 valence electrons. The summed E-state index contributed by atoms with van der Waals surface area (Å²) in [6.07, 6.45) is 2.69. The maximum atomic E-state index is 8.75. The molecule has 1 heteroatoms. The maximum absolute atomic E-state index is 8.75. The zero-order chi connectivity index (χ0) is 11.7. The van der Waals surface area contributed by atoms with Crippen LogP contribution in [0.4, 0.5) is 0 Å². The Labute approximate surface area is 101 Å². The van der Waals surface area contributed by atoms with Crippen molar-refractivity contribution in [1.29, 1.82) is 5.26 Å². The SMILES string of the molecule is N#Cc1ccc(-c2ccc(C3CC3)cc2)cc1. The summed E-state index contributed by atoms with van der Waals surface area (Å²) in [6.45, 7) is 0. The standard InChI is InChI=1S/C16H13N/c17-11-12-1-3-13(4-2-12)14-5-7-15(8-6-14)16-9-10-16/h1-8,16H,9-10H2. The summed E-state index contributed by atoms with van der Waals surface area (Å²) in [7, 11) is 0. The molecule has 0 unspecified atom stereocenters. The van der Waals surface area contributed by atoms with Crippen molar-refractivity contribution in [1.82, 2.24) is 0 Å². The Balaban J connectivity index is 1.89. The van der Waals surface area contributed by atoms with Crippen LogP contribution in [0.3, 0.4) is 0 Å². The van der Waals surface area contributed by atoms with Crippen molar-refractivity contribution in [2.45, 2.75) is 18.8 Å². The highest BCUT2D eigenvalue weighted by Gasteiger charge is 2.22. The third kappa shape index (κ3) is 2.07. The summed E-state index contributed by atoms with van der Waals surface area (Å²) in [6, 6.07) is 18.7. The van der Waals surface area contributed by atoms with Crippen LogP contribution in [-0.2, 0) is 0 Å². The molecule has 0 N–H and O–H groups in total. The highest BCUT2D eigenvalue weighted by Crippen LogP contribution is 2.40. The van der Waals surface area contributed by atoms with Crippen molar-refractivity contribution < 1.29 is 0 Å². The lowest BCUT2D eigenvalue weighted by Crippen LogP contribution is -1.82. The smallest absolute Gasteiger partial charge is 0.0991 e. The van der Waals surface area contributed by atoms with E-state index in [2.05, 4.69) is 30.3 Å². The number of benzene rings is 2. The van der Waals surface area contributed by atoms with E-state index in [1.807, 2.05) is 24.3 Å². The molecule has 17 heavy (non-hydrogen) atoms. The van der Waals surface area contributed by atoms with Crippen LogP contribution in [0.15, 0.2) is 48.5 Å². The first-order valence-corrected chi connectivity index (χ1v) is 5.97. The maximum Gasteiger partial charge on any atom is 0.0991 e. The molecule has 0 radical (unpaired) electrons. The molecular weight excluding hydrogens is 206 g/mol. The topological polar surface area (TPSA) is 23.8 Å². The van der Waals surface area contributed by atoms with Gasteiger partial charge in [0.25, 0.3) is 0 Å². The molecule has 2 aromatic carbocycles. The van der Waals surface area contributed by atoms with Crippen LogP contribution >= 0.6 is 0 Å². The first-order valence-electron chi connectivity index (χ1n) is 5.97. The molecule has 0 aliphatic heterocycles. The van der Waals surface area contributed by atoms with E-state index in [1.54, 1.807) is 0 Å². The molecule has 0 heterocycles. The van der Waals surface area contributed by atoms with E-state index < -0.39 is 0 Å². The van der Waals surface area contributed by atoms with Crippen molar-refractivity contribution in [3.8, 4) is 17.2 Å². The van der Waals surface area contributed by atoms with Crippen LogP contribution in [0.25, 0.3) is 11.1 Å². The van der Waals surface area contributed by atoms with Gasteiger partial charge in [0.05, 0.1) is 11.6 Å². The number of hydrogen-bond acceptors (Lipinski definition) is 1. The van der Waals surface area contributed by atoms with Gasteiger partial charge >= 0.3 is 0 Å². The van der Waals surface area contributed by atoms with Crippen molar-refractivity contribution >= 4 is 0 Å². The molecular formula is C16H13N. The fourth-order valence-corrected chi connectivity index (χ4v) is 2.10. The number of rotatable bonds is 2. The van der Waals surface area contributed by atoms with Gasteiger partial charge in [0, 0.05) is 0 Å². The Morgan fingerprint density at radius 2 is 1.35 bits per heavy atom. The molecule has 0 amide bonds. The van der Waals surface area contributed by atoms with Gasteiger partial charge in [0.15, 0.2) is 0 Å². The van der Waals surface area contributed by atoms with Gasteiger partial charge < -0.3 is 0 Å². The van der Waals surface area contributed by atoms with E-state index in [0.717, 1.165) is 5.92 Å². The van der Waals surface area contributed by atoms with Crippen LogP contribution in [0.1, 0.15) is 29.9 Å². The summed E-state index contributed by atoms with van der Waals surface area (Å²) >= 11 is 0. The van der Waals surface area contributed by atoms with Gasteiger partial charge in [-0.15, -0.1) is 0 Å². The summed E-state index contributed by atoms with van der Waals surface area (Å²) < 4.78 is 0. The monoisotopic (exact) mass is 219 g/mol. The van der Waals surface area contributed by atoms with Gasteiger partial charge in [-0.1, -0.05) is 36.4 Å². The van der Waals surface area contributed by atoms with Gasteiger partial charge in [-0.05, 0) is 47.6 Å². The molecule has 3 rings (SSSR count). The second-order valence-electron chi connectivity index (χ2n) is 4.59. The highest BCUT2D eigenvalue weighted by molar-refractivity contribution is 5.64. The molecule has 1 nitrogen and oxygen atoms in total. The number of hydrogen-bond donors (Lipinski definition) is 0. The third-order valence-corrected chi connectivity index (χ3v) is 3.31. The quantitative estimate of drug-likeness (QED) is 0.745. The first kappa shape index (κ1) is 10.1. The summed E-state index contributed by atoms with van der Waals surface area (Å²) in [5, 5.41) is 8.75. The van der Waals surface area contributed by atoms with Gasteiger partial charge in [-0.3, -0.25) is 0 Å². The number of nitriles is 1. The molecule has 1 saturated carbocycles. The highest BCUT2D eigenvalue weighted by atomic mass is 14.3. The molecule has 0 saturated heterocycles. The molecule has 0 spiro atoms. The van der Waals surface area contributed by atoms with Crippen molar-refractivity contribution in [2.75, 3.05) is 0 Å². The lowest BCUT2D eigenvalue weighted by atomic mass is 10.0. The average molecular weight is 219 g/mol. The molecule has 1 aliphatic carbocycles. The van der Waals surface area contributed by atoms with E-state index in [1.165, 1.54) is 29.5 Å². The molecule has 0 atom stereocenters. The number of nitrogens with zero attached hydrogens (tertiary/aromatic N) is 1. The van der Waals surface area contributed by atoms with E-state index >= 15 is 0 Å². The predicted octanol–water partition coefficient (Wildman–Crippen LogP) is 4.10. The average Bonchev–Trinajstić information content (AvgIpc) is 3.24. The largest absolute Gasteiger partial charge is 0.192 e. The minimum atomic E-state index is 0.711. The van der Waals surface area contributed by atoms with Gasteiger partial charge in [-0.2, -0.15) is 5.26 Å². The summed E-state index contributed by atoms with van der Waals surface area (Å²) in [5.74, 6) is 0.810. The van der Waals surface area contributed by atoms with Gasteiger partial charge in [0.1, 0.15) is 0 Å². The third-order valence-electron chi connectivity index (χ3n) is 3.31. The van der Waals surface area contributed by atoms with Crippen molar-refractivity contribution in [3.63, 3.8) is 0 Å². The minimum absolute atomic E-state index is 0.711. The fourth-order valence-electron chi connectivity index (χ4n) is 2.10.